The summed E-state index contributed by atoms with van der Waals surface area (Å²) in [5.41, 5.74) is 1.27. The minimum absolute atomic E-state index is 0.0754. The van der Waals surface area contributed by atoms with E-state index in [-0.39, 0.29) is 40.3 Å². The lowest BCUT2D eigenvalue weighted by atomic mass is 10.0. The van der Waals surface area contributed by atoms with Gasteiger partial charge in [-0.15, -0.1) is 12.3 Å². The van der Waals surface area contributed by atoms with E-state index in [0.29, 0.717) is 42.0 Å². The predicted molar refractivity (Wildman–Crippen MR) is 156 cm³/mol. The van der Waals surface area contributed by atoms with Crippen LogP contribution in [-0.4, -0.2) is 51.1 Å². The van der Waals surface area contributed by atoms with Crippen LogP contribution in [0.15, 0.2) is 72.0 Å². The molecule has 1 saturated heterocycles. The molecule has 1 amide bonds. The van der Waals surface area contributed by atoms with Crippen LogP contribution in [0.5, 0.6) is 5.75 Å². The zero-order valence-electron chi connectivity index (χ0n) is 21.8. The topological polar surface area (TPSA) is 78.7 Å². The molecule has 1 atom stereocenters. The number of phenolic OH excluding ortho intramolecular Hbond substituents is 1. The molecule has 1 aliphatic heterocycles. The van der Waals surface area contributed by atoms with Gasteiger partial charge in [-0.3, -0.25) is 9.36 Å². The van der Waals surface area contributed by atoms with Crippen molar-refractivity contribution < 1.29 is 14.3 Å². The van der Waals surface area contributed by atoms with Crippen LogP contribution in [0.3, 0.4) is 0 Å². The number of aromatic hydroxyl groups is 1. The van der Waals surface area contributed by atoms with Crippen molar-refractivity contribution in [2.75, 3.05) is 24.5 Å². The number of amides is 1. The van der Waals surface area contributed by atoms with Gasteiger partial charge in [-0.1, -0.05) is 42.4 Å². The molecule has 202 valence electrons. The third-order valence-corrected chi connectivity index (χ3v) is 7.44. The summed E-state index contributed by atoms with van der Waals surface area (Å²) in [4.78, 5) is 34.2. The van der Waals surface area contributed by atoms with Crippen LogP contribution in [0.1, 0.15) is 12.5 Å². The maximum atomic E-state index is 15.0. The van der Waals surface area contributed by atoms with Crippen LogP contribution in [0.25, 0.3) is 27.7 Å². The highest BCUT2D eigenvalue weighted by atomic mass is 35.5. The minimum atomic E-state index is -0.659. The van der Waals surface area contributed by atoms with Crippen molar-refractivity contribution in [1.82, 2.24) is 14.5 Å². The first kappa shape index (κ1) is 27.0. The van der Waals surface area contributed by atoms with Gasteiger partial charge < -0.3 is 14.9 Å². The lowest BCUT2D eigenvalue weighted by molar-refractivity contribution is -0.126. The van der Waals surface area contributed by atoms with Crippen molar-refractivity contribution >= 4 is 34.2 Å². The number of aromatic nitrogens is 2. The van der Waals surface area contributed by atoms with Gasteiger partial charge in [-0.05, 0) is 48.9 Å². The first-order valence-electron chi connectivity index (χ1n) is 12.7. The fraction of sp³-hybridized carbons (Fsp3) is 0.194. The number of benzene rings is 3. The third kappa shape index (κ3) is 4.69. The SMILES string of the molecule is C#CCc1ccccc1-n1c(=O)nc(N2CCN(C(=O)C=C)C[C@@H]2C)c2cc(Cl)c(-c3c(O)cccc3F)cc21. The largest absolute Gasteiger partial charge is 0.507 e. The van der Waals surface area contributed by atoms with Crippen molar-refractivity contribution in [1.29, 1.82) is 0 Å². The Hall–Kier alpha value is -4.61. The molecule has 0 bridgehead atoms. The Morgan fingerprint density at radius 2 is 2.02 bits per heavy atom. The summed E-state index contributed by atoms with van der Waals surface area (Å²) in [6.45, 7) is 6.77. The second kappa shape index (κ2) is 10.9. The molecule has 3 aromatic carbocycles. The lowest BCUT2D eigenvalue weighted by Gasteiger charge is -2.40. The number of rotatable bonds is 5. The number of nitrogens with zero attached hydrogens (tertiary/aromatic N) is 4. The molecule has 0 radical (unpaired) electrons. The van der Waals surface area contributed by atoms with Crippen LogP contribution in [0.2, 0.25) is 5.02 Å². The Kier molecular flexibility index (Phi) is 7.33. The van der Waals surface area contributed by atoms with Crippen molar-refractivity contribution in [2.24, 2.45) is 0 Å². The Labute approximate surface area is 235 Å². The van der Waals surface area contributed by atoms with Gasteiger partial charge in [-0.2, -0.15) is 4.98 Å². The number of terminal acetylenes is 1. The molecule has 0 saturated carbocycles. The molecule has 4 aromatic rings. The van der Waals surface area contributed by atoms with E-state index in [2.05, 4.69) is 17.5 Å². The fourth-order valence-corrected chi connectivity index (χ4v) is 5.50. The van der Waals surface area contributed by atoms with Crippen molar-refractivity contribution in [3.8, 4) is 34.9 Å². The van der Waals surface area contributed by atoms with Crippen molar-refractivity contribution in [3.05, 3.63) is 94.1 Å². The third-order valence-electron chi connectivity index (χ3n) is 7.13. The molecule has 0 unspecified atom stereocenters. The second-order valence-corrected chi connectivity index (χ2v) is 9.98. The predicted octanol–water partition coefficient (Wildman–Crippen LogP) is 4.95. The van der Waals surface area contributed by atoms with Crippen LogP contribution >= 0.6 is 11.6 Å². The first-order valence-corrected chi connectivity index (χ1v) is 13.1. The molecule has 1 aromatic heterocycles. The average molecular weight is 557 g/mol. The Balaban J connectivity index is 1.80. The lowest BCUT2D eigenvalue weighted by Crippen LogP contribution is -2.54. The second-order valence-electron chi connectivity index (χ2n) is 9.58. The minimum Gasteiger partial charge on any atom is -0.507 e. The van der Waals surface area contributed by atoms with Crippen molar-refractivity contribution in [3.63, 3.8) is 0 Å². The molecule has 1 fully saturated rings. The van der Waals surface area contributed by atoms with Crippen LogP contribution in [-0.2, 0) is 11.2 Å². The summed E-state index contributed by atoms with van der Waals surface area (Å²) in [5, 5.41) is 11.3. The Morgan fingerprint density at radius 3 is 2.73 bits per heavy atom. The molecule has 1 aliphatic rings. The van der Waals surface area contributed by atoms with Gasteiger partial charge in [0.05, 0.1) is 16.8 Å². The molecule has 0 spiro atoms. The maximum Gasteiger partial charge on any atom is 0.354 e. The number of carbonyl (C=O) groups is 1. The molecule has 40 heavy (non-hydrogen) atoms. The van der Waals surface area contributed by atoms with Crippen LogP contribution in [0, 0.1) is 18.2 Å². The van der Waals surface area contributed by atoms with E-state index in [9.17, 15) is 19.1 Å². The number of anilines is 1. The molecule has 1 N–H and O–H groups in total. The number of hydrogen-bond acceptors (Lipinski definition) is 5. The normalized spacial score (nSPS) is 15.2. The molecule has 9 heteroatoms. The first-order chi connectivity index (χ1) is 19.2. The molecular weight excluding hydrogens is 531 g/mol. The van der Waals surface area contributed by atoms with E-state index in [4.69, 9.17) is 18.0 Å². The van der Waals surface area contributed by atoms with E-state index in [1.807, 2.05) is 24.0 Å². The summed E-state index contributed by atoms with van der Waals surface area (Å²) < 4.78 is 16.4. The van der Waals surface area contributed by atoms with E-state index in [0.717, 1.165) is 5.56 Å². The summed E-state index contributed by atoms with van der Waals surface area (Å²) >= 11 is 6.73. The number of para-hydroxylation sites is 1. The highest BCUT2D eigenvalue weighted by Gasteiger charge is 2.29. The molecule has 2 heterocycles. The van der Waals surface area contributed by atoms with Gasteiger partial charge in [0, 0.05) is 48.1 Å². The Bertz CT molecular complexity index is 1740. The highest BCUT2D eigenvalue weighted by Crippen LogP contribution is 2.40. The maximum absolute atomic E-state index is 15.0. The van der Waals surface area contributed by atoms with Gasteiger partial charge >= 0.3 is 5.69 Å². The molecule has 0 aliphatic carbocycles. The van der Waals surface area contributed by atoms with Gasteiger partial charge in [-0.25, -0.2) is 9.18 Å². The Morgan fingerprint density at radius 1 is 1.25 bits per heavy atom. The van der Waals surface area contributed by atoms with E-state index in [1.165, 1.54) is 28.8 Å². The standard InChI is InChI=1S/C31H26ClFN4O3/c1-4-9-20-10-6-7-12-25(20)37-26-17-21(29-24(33)11-8-13-27(29)38)23(32)16-22(26)30(34-31(37)40)36-15-14-35(18-19(36)3)28(39)5-2/h1,5-8,10-13,16-17,19,38H,2,9,14-15,18H2,3H3/t19-/m0/s1. The zero-order valence-corrected chi connectivity index (χ0v) is 22.5. The summed E-state index contributed by atoms with van der Waals surface area (Å²) in [5.74, 6) is 1.91. The fourth-order valence-electron chi connectivity index (χ4n) is 5.24. The van der Waals surface area contributed by atoms with Gasteiger partial charge in [0.15, 0.2) is 0 Å². The molecule has 7 nitrogen and oxygen atoms in total. The number of hydrogen-bond donors (Lipinski definition) is 1. The van der Waals surface area contributed by atoms with Gasteiger partial charge in [0.2, 0.25) is 5.91 Å². The van der Waals surface area contributed by atoms with Gasteiger partial charge in [0.1, 0.15) is 17.4 Å². The number of halogens is 2. The monoisotopic (exact) mass is 556 g/mol. The average Bonchev–Trinajstić information content (AvgIpc) is 2.93. The van der Waals surface area contributed by atoms with E-state index in [1.54, 1.807) is 29.2 Å². The van der Waals surface area contributed by atoms with E-state index >= 15 is 0 Å². The molecular formula is C31H26ClFN4O3. The number of fused-ring (bicyclic) bond motifs is 1. The smallest absolute Gasteiger partial charge is 0.354 e. The number of phenols is 1. The summed E-state index contributed by atoms with van der Waals surface area (Å²) in [6, 6.07) is 14.3. The van der Waals surface area contributed by atoms with Crippen molar-refractivity contribution in [2.45, 2.75) is 19.4 Å². The van der Waals surface area contributed by atoms with Gasteiger partial charge in [0.25, 0.3) is 0 Å². The quantitative estimate of drug-likeness (QED) is 0.278. The number of piperazine rings is 1. The summed E-state index contributed by atoms with van der Waals surface area (Å²) in [7, 11) is 0. The van der Waals surface area contributed by atoms with Crippen LogP contribution < -0.4 is 10.6 Å². The number of carbonyl (C=O) groups excluding carboxylic acids is 1. The zero-order chi connectivity index (χ0) is 28.6. The van der Waals surface area contributed by atoms with Crippen LogP contribution in [0.4, 0.5) is 10.2 Å². The molecule has 5 rings (SSSR count). The summed E-state index contributed by atoms with van der Waals surface area (Å²) in [6.07, 6.45) is 7.17. The van der Waals surface area contributed by atoms with E-state index < -0.39 is 11.5 Å². The highest BCUT2D eigenvalue weighted by molar-refractivity contribution is 6.34.